The van der Waals surface area contributed by atoms with Gasteiger partial charge in [0, 0.05) is 25.5 Å². The highest BCUT2D eigenvalue weighted by molar-refractivity contribution is 5.92. The summed E-state index contributed by atoms with van der Waals surface area (Å²) in [7, 11) is 0. The van der Waals surface area contributed by atoms with Crippen molar-refractivity contribution in [2.75, 3.05) is 18.0 Å². The van der Waals surface area contributed by atoms with Gasteiger partial charge in [0.1, 0.15) is 5.52 Å². The summed E-state index contributed by atoms with van der Waals surface area (Å²) in [5.41, 5.74) is 2.46. The smallest absolute Gasteiger partial charge is 0.280 e. The molecule has 7 heteroatoms. The summed E-state index contributed by atoms with van der Waals surface area (Å²) in [6.07, 6.45) is 5.50. The van der Waals surface area contributed by atoms with Crippen LogP contribution in [0.1, 0.15) is 25.5 Å². The molecule has 3 heterocycles. The fourth-order valence-electron chi connectivity index (χ4n) is 3.14. The molecule has 0 radical (unpaired) electrons. The van der Waals surface area contributed by atoms with Crippen LogP contribution in [0.2, 0.25) is 0 Å². The third-order valence-corrected chi connectivity index (χ3v) is 4.74. The molecule has 1 amide bonds. The Hall–Kier alpha value is -2.44. The Morgan fingerprint density at radius 1 is 1.38 bits per heavy atom. The van der Waals surface area contributed by atoms with Gasteiger partial charge in [0.05, 0.1) is 11.7 Å². The Morgan fingerprint density at radius 2 is 2.12 bits per heavy atom. The van der Waals surface area contributed by atoms with E-state index in [9.17, 15) is 9.18 Å². The number of carbonyl (C=O) groups excluding carboxylic acids is 1. The molecular formula is C17H20FN5O. The summed E-state index contributed by atoms with van der Waals surface area (Å²) in [5.74, 6) is -0.0904. The summed E-state index contributed by atoms with van der Waals surface area (Å²) in [4.78, 5) is 18.5. The lowest BCUT2D eigenvalue weighted by Crippen LogP contribution is -2.60. The molecule has 0 bridgehead atoms. The Balaban J connectivity index is 1.41. The normalized spacial score (nSPS) is 19.2. The van der Waals surface area contributed by atoms with Crippen molar-refractivity contribution in [2.45, 2.75) is 32.7 Å². The molecule has 0 spiro atoms. The number of halogens is 1. The maximum absolute atomic E-state index is 14.1. The van der Waals surface area contributed by atoms with Crippen LogP contribution >= 0.6 is 0 Å². The van der Waals surface area contributed by atoms with Crippen molar-refractivity contribution in [3.63, 3.8) is 0 Å². The van der Waals surface area contributed by atoms with Gasteiger partial charge in [-0.1, -0.05) is 0 Å². The number of aromatic nitrogens is 3. The first-order valence-electron chi connectivity index (χ1n) is 8.26. The second kappa shape index (κ2) is 5.58. The molecule has 1 N–H and O–H groups in total. The Labute approximate surface area is 139 Å². The maximum Gasteiger partial charge on any atom is 0.280 e. The third-order valence-electron chi connectivity index (χ3n) is 4.74. The quantitative estimate of drug-likeness (QED) is 0.872. The summed E-state index contributed by atoms with van der Waals surface area (Å²) >= 11 is 0. The Bertz CT molecular complexity index is 833. The molecule has 1 aliphatic heterocycles. The minimum Gasteiger partial charge on any atom is -0.351 e. The highest BCUT2D eigenvalue weighted by Gasteiger charge is 2.33. The number of allylic oxidation sites excluding steroid dienone is 1. The molecule has 1 saturated heterocycles. The summed E-state index contributed by atoms with van der Waals surface area (Å²) < 4.78 is 15.9. The van der Waals surface area contributed by atoms with Gasteiger partial charge in [-0.05, 0) is 44.2 Å². The number of hydrogen-bond donors (Lipinski definition) is 1. The van der Waals surface area contributed by atoms with Crippen molar-refractivity contribution in [2.24, 2.45) is 5.92 Å². The number of amides is 1. The predicted octanol–water partition coefficient (Wildman–Crippen LogP) is 2.00. The number of nitrogens with zero attached hydrogens (tertiary/aromatic N) is 4. The zero-order valence-corrected chi connectivity index (χ0v) is 13.8. The SMILES string of the molecule is CC(=C(F)C(=O)NC1CN(c2nccn3nc(C)cc23)C1)C1CC1. The topological polar surface area (TPSA) is 62.5 Å². The van der Waals surface area contributed by atoms with Gasteiger partial charge < -0.3 is 10.2 Å². The monoisotopic (exact) mass is 329 g/mol. The molecule has 6 nitrogen and oxygen atoms in total. The molecule has 2 aromatic rings. The molecule has 24 heavy (non-hydrogen) atoms. The first kappa shape index (κ1) is 15.1. The zero-order valence-electron chi connectivity index (χ0n) is 13.8. The van der Waals surface area contributed by atoms with Crippen molar-refractivity contribution in [1.82, 2.24) is 19.9 Å². The van der Waals surface area contributed by atoms with E-state index in [0.717, 1.165) is 29.9 Å². The molecule has 1 saturated carbocycles. The van der Waals surface area contributed by atoms with E-state index >= 15 is 0 Å². The predicted molar refractivity (Wildman–Crippen MR) is 88.4 cm³/mol. The molecule has 0 unspecified atom stereocenters. The standard InChI is InChI=1S/C17H20FN5O/c1-10-7-14-16(19-5-6-23(14)21-10)22-8-13(9-22)20-17(24)15(18)11(2)12-3-4-12/h5-7,12-13H,3-4,8-9H2,1-2H3,(H,20,24). The van der Waals surface area contributed by atoms with E-state index in [1.807, 2.05) is 19.2 Å². The average Bonchev–Trinajstić information content (AvgIpc) is 3.29. The minimum atomic E-state index is -0.609. The Morgan fingerprint density at radius 3 is 2.83 bits per heavy atom. The van der Waals surface area contributed by atoms with Crippen molar-refractivity contribution in [3.8, 4) is 0 Å². The van der Waals surface area contributed by atoms with Gasteiger partial charge in [0.15, 0.2) is 11.6 Å². The van der Waals surface area contributed by atoms with Crippen LogP contribution in [0.5, 0.6) is 0 Å². The van der Waals surface area contributed by atoms with Crippen LogP contribution in [-0.4, -0.2) is 39.6 Å². The number of aryl methyl sites for hydroxylation is 1. The molecule has 2 fully saturated rings. The van der Waals surface area contributed by atoms with Crippen molar-refractivity contribution in [1.29, 1.82) is 0 Å². The van der Waals surface area contributed by atoms with Crippen molar-refractivity contribution < 1.29 is 9.18 Å². The van der Waals surface area contributed by atoms with Gasteiger partial charge in [-0.2, -0.15) is 5.10 Å². The van der Waals surface area contributed by atoms with Crippen LogP contribution in [0.25, 0.3) is 5.52 Å². The van der Waals surface area contributed by atoms with Crippen LogP contribution < -0.4 is 10.2 Å². The lowest BCUT2D eigenvalue weighted by Gasteiger charge is -2.40. The highest BCUT2D eigenvalue weighted by atomic mass is 19.1. The van der Waals surface area contributed by atoms with E-state index in [2.05, 4.69) is 20.3 Å². The van der Waals surface area contributed by atoms with Crippen LogP contribution in [0, 0.1) is 12.8 Å². The van der Waals surface area contributed by atoms with Gasteiger partial charge >= 0.3 is 0 Å². The van der Waals surface area contributed by atoms with Crippen molar-refractivity contribution in [3.05, 3.63) is 35.6 Å². The molecule has 2 aromatic heterocycles. The van der Waals surface area contributed by atoms with E-state index in [1.54, 1.807) is 17.6 Å². The van der Waals surface area contributed by atoms with Gasteiger partial charge in [-0.15, -0.1) is 0 Å². The van der Waals surface area contributed by atoms with E-state index in [4.69, 9.17) is 0 Å². The van der Waals surface area contributed by atoms with E-state index in [-0.39, 0.29) is 12.0 Å². The number of rotatable bonds is 4. The van der Waals surface area contributed by atoms with Gasteiger partial charge in [0.25, 0.3) is 5.91 Å². The van der Waals surface area contributed by atoms with Gasteiger partial charge in [0.2, 0.25) is 0 Å². The molecule has 2 aliphatic rings. The zero-order chi connectivity index (χ0) is 16.8. The van der Waals surface area contributed by atoms with Crippen LogP contribution in [0.3, 0.4) is 0 Å². The van der Waals surface area contributed by atoms with Crippen LogP contribution in [-0.2, 0) is 4.79 Å². The van der Waals surface area contributed by atoms with Crippen molar-refractivity contribution >= 4 is 17.2 Å². The van der Waals surface area contributed by atoms with Crippen LogP contribution in [0.4, 0.5) is 10.2 Å². The lowest BCUT2D eigenvalue weighted by molar-refractivity contribution is -0.119. The summed E-state index contributed by atoms with van der Waals surface area (Å²) in [5, 5.41) is 7.14. The largest absolute Gasteiger partial charge is 0.351 e. The molecule has 0 aromatic carbocycles. The average molecular weight is 329 g/mol. The number of fused-ring (bicyclic) bond motifs is 1. The van der Waals surface area contributed by atoms with E-state index < -0.39 is 11.7 Å². The fourth-order valence-corrected chi connectivity index (χ4v) is 3.14. The molecule has 1 aliphatic carbocycles. The number of carbonyl (C=O) groups is 1. The minimum absolute atomic E-state index is 0.0543. The first-order chi connectivity index (χ1) is 11.5. The molecule has 0 atom stereocenters. The highest BCUT2D eigenvalue weighted by Crippen LogP contribution is 2.38. The summed E-state index contributed by atoms with van der Waals surface area (Å²) in [6.45, 7) is 4.90. The van der Waals surface area contributed by atoms with Gasteiger partial charge in [-0.3, -0.25) is 4.79 Å². The van der Waals surface area contributed by atoms with E-state index in [0.29, 0.717) is 18.7 Å². The molecule has 126 valence electrons. The molecular weight excluding hydrogens is 309 g/mol. The summed E-state index contributed by atoms with van der Waals surface area (Å²) in [6, 6.07) is 1.93. The molecule has 4 rings (SSSR count). The van der Waals surface area contributed by atoms with Gasteiger partial charge in [-0.25, -0.2) is 13.9 Å². The Kier molecular flexibility index (Phi) is 3.51. The first-order valence-corrected chi connectivity index (χ1v) is 8.26. The maximum atomic E-state index is 14.1. The second-order valence-electron chi connectivity index (χ2n) is 6.71. The fraction of sp³-hybridized carbons (Fsp3) is 0.471. The third kappa shape index (κ3) is 2.64. The number of anilines is 1. The number of nitrogens with one attached hydrogen (secondary N) is 1. The second-order valence-corrected chi connectivity index (χ2v) is 6.71. The number of hydrogen-bond acceptors (Lipinski definition) is 4. The van der Waals surface area contributed by atoms with Crippen LogP contribution in [0.15, 0.2) is 29.9 Å². The lowest BCUT2D eigenvalue weighted by atomic mass is 10.1. The van der Waals surface area contributed by atoms with E-state index in [1.165, 1.54) is 0 Å².